The van der Waals surface area contributed by atoms with Crippen LogP contribution < -0.4 is 0 Å². The van der Waals surface area contributed by atoms with Crippen LogP contribution in [-0.4, -0.2) is 50.5 Å². The first kappa shape index (κ1) is 31.3. The van der Waals surface area contributed by atoms with Gasteiger partial charge in [-0.1, -0.05) is 27.7 Å². The minimum atomic E-state index is -0.250. The van der Waals surface area contributed by atoms with Gasteiger partial charge >= 0.3 is 0 Å². The SMILES string of the molecule is CCC(C)[OH2+].CCC(C)[OH2+].CCC(C)[O][Al-][O]C(C)CC.[La]. The summed E-state index contributed by atoms with van der Waals surface area (Å²) in [6.45, 7) is 16.2. The van der Waals surface area contributed by atoms with Crippen LogP contribution in [0.4, 0.5) is 0 Å². The quantitative estimate of drug-likeness (QED) is 0.411. The van der Waals surface area contributed by atoms with Gasteiger partial charge in [-0.05, 0) is 38.9 Å². The van der Waals surface area contributed by atoms with Crippen molar-refractivity contribution in [2.45, 2.75) is 105 Å². The number of hydrogen-bond acceptors (Lipinski definition) is 2. The van der Waals surface area contributed by atoms with Gasteiger partial charge in [0, 0.05) is 62.3 Å². The van der Waals surface area contributed by atoms with Gasteiger partial charge in [-0.2, -0.15) is 0 Å². The second kappa shape index (κ2) is 24.8. The van der Waals surface area contributed by atoms with E-state index in [2.05, 4.69) is 27.7 Å². The smallest absolute Gasteiger partial charge is 0.150 e. The summed E-state index contributed by atoms with van der Waals surface area (Å²) in [4.78, 5) is 0. The van der Waals surface area contributed by atoms with Crippen LogP contribution in [0.15, 0.2) is 0 Å². The van der Waals surface area contributed by atoms with E-state index in [1.54, 1.807) is 0 Å². The van der Waals surface area contributed by atoms with E-state index in [-0.39, 0.29) is 63.7 Å². The van der Waals surface area contributed by atoms with Crippen molar-refractivity contribution in [3.8, 4) is 0 Å². The monoisotopic (exact) mass is 462 g/mol. The van der Waals surface area contributed by atoms with Gasteiger partial charge in [0.1, 0.15) is 15.9 Å². The van der Waals surface area contributed by atoms with Crippen LogP contribution in [0.3, 0.4) is 0 Å². The zero-order valence-corrected chi connectivity index (χ0v) is 20.9. The molecule has 0 rings (SSSR count). The molecule has 0 aliphatic rings. The summed E-state index contributed by atoms with van der Waals surface area (Å²) < 4.78 is 10.8. The molecule has 4 nitrogen and oxygen atoms in total. The molecule has 4 N–H and O–H groups in total. The van der Waals surface area contributed by atoms with Gasteiger partial charge < -0.3 is 17.8 Å². The predicted molar refractivity (Wildman–Crippen MR) is 94.2 cm³/mol. The van der Waals surface area contributed by atoms with Crippen molar-refractivity contribution in [2.75, 3.05) is 0 Å². The van der Waals surface area contributed by atoms with E-state index in [1.807, 2.05) is 27.7 Å². The summed E-state index contributed by atoms with van der Waals surface area (Å²) in [5, 5.41) is 13.7. The molecule has 0 saturated carbocycles. The second-order valence-corrected chi connectivity index (χ2v) is 6.16. The Morgan fingerprint density at radius 3 is 1.05 bits per heavy atom. The van der Waals surface area contributed by atoms with Crippen molar-refractivity contribution >= 4 is 15.9 Å². The second-order valence-electron chi connectivity index (χ2n) is 5.42. The predicted octanol–water partition coefficient (Wildman–Crippen LogP) is 3.17. The van der Waals surface area contributed by atoms with Crippen molar-refractivity contribution in [1.82, 2.24) is 0 Å². The summed E-state index contributed by atoms with van der Waals surface area (Å²) >= 11 is -0.250. The number of rotatable bonds is 8. The standard InChI is InChI=1S/2C4H10O.2C4H9O.Al.La/c4*1-3-4(2)5;;/h2*4-5H,3H2,1-2H3;2*4H,3H2,1-2H3;;/q;;2*-1;+1;/p+2. The zero-order valence-electron chi connectivity index (χ0n) is 16.1. The van der Waals surface area contributed by atoms with Crippen LogP contribution in [0.1, 0.15) is 81.1 Å². The molecule has 0 aromatic rings. The average Bonchev–Trinajstić information content (AvgIpc) is 2.47. The molecule has 133 valence electrons. The van der Waals surface area contributed by atoms with Gasteiger partial charge in [0.15, 0.2) is 12.2 Å². The Balaban J connectivity index is -0.000000124. The van der Waals surface area contributed by atoms with Crippen LogP contribution in [0.2, 0.25) is 0 Å². The first-order valence-corrected chi connectivity index (χ1v) is 9.23. The molecule has 22 heavy (non-hydrogen) atoms. The first-order valence-electron chi connectivity index (χ1n) is 8.29. The molecular formula is C16H40AlLaO4+. The van der Waals surface area contributed by atoms with Gasteiger partial charge in [0.25, 0.3) is 0 Å². The Morgan fingerprint density at radius 2 is 0.909 bits per heavy atom. The maximum absolute atomic E-state index is 6.83. The van der Waals surface area contributed by atoms with E-state index in [1.165, 1.54) is 0 Å². The molecule has 0 aliphatic carbocycles. The van der Waals surface area contributed by atoms with E-state index in [4.69, 9.17) is 17.8 Å². The largest absolute Gasteiger partial charge is 0.677 e. The molecule has 0 aromatic heterocycles. The number of hydrogen-bond donors (Lipinski definition) is 0. The van der Waals surface area contributed by atoms with Crippen molar-refractivity contribution in [3.63, 3.8) is 0 Å². The summed E-state index contributed by atoms with van der Waals surface area (Å²) in [6, 6.07) is 0. The molecule has 0 heterocycles. The minimum absolute atomic E-state index is 0. The molecule has 0 saturated heterocycles. The summed E-state index contributed by atoms with van der Waals surface area (Å²) in [7, 11) is 0. The van der Waals surface area contributed by atoms with E-state index in [0.29, 0.717) is 12.2 Å². The van der Waals surface area contributed by atoms with Crippen molar-refractivity contribution < 1.29 is 53.4 Å². The molecule has 4 unspecified atom stereocenters. The van der Waals surface area contributed by atoms with Crippen LogP contribution in [0.25, 0.3) is 0 Å². The topological polar surface area (TPSA) is 64.3 Å². The van der Waals surface area contributed by atoms with Crippen LogP contribution in [-0.2, 0) is 7.58 Å². The molecule has 0 fully saturated rings. The van der Waals surface area contributed by atoms with E-state index >= 15 is 0 Å². The van der Waals surface area contributed by atoms with Gasteiger partial charge in [-0.15, -0.1) is 0 Å². The van der Waals surface area contributed by atoms with E-state index < -0.39 is 0 Å². The molecular weight excluding hydrogens is 422 g/mol. The summed E-state index contributed by atoms with van der Waals surface area (Å²) in [5.41, 5.74) is 0. The molecule has 3 radical (unpaired) electrons. The van der Waals surface area contributed by atoms with Gasteiger partial charge in [0.2, 0.25) is 0 Å². The average molecular weight is 462 g/mol. The Morgan fingerprint density at radius 1 is 0.682 bits per heavy atom. The molecule has 0 bridgehead atoms. The third-order valence-corrected chi connectivity index (χ3v) is 4.10. The van der Waals surface area contributed by atoms with Gasteiger partial charge in [-0.3, -0.25) is 0 Å². The fourth-order valence-corrected chi connectivity index (χ4v) is 1.24. The molecule has 0 aliphatic heterocycles. The van der Waals surface area contributed by atoms with Crippen LogP contribution >= 0.6 is 0 Å². The third-order valence-electron chi connectivity index (χ3n) is 2.95. The fourth-order valence-electron chi connectivity index (χ4n) is 0.414. The maximum atomic E-state index is 6.83. The van der Waals surface area contributed by atoms with E-state index in [0.717, 1.165) is 25.7 Å². The Kier molecular flexibility index (Phi) is 35.4. The molecule has 6 heteroatoms. The van der Waals surface area contributed by atoms with Gasteiger partial charge in [-0.25, -0.2) is 0 Å². The Bertz CT molecular complexity index is 166. The van der Waals surface area contributed by atoms with E-state index in [9.17, 15) is 0 Å². The van der Waals surface area contributed by atoms with Crippen LogP contribution in [0, 0.1) is 35.6 Å². The maximum Gasteiger partial charge on any atom is 0.150 e. The van der Waals surface area contributed by atoms with Crippen molar-refractivity contribution in [2.24, 2.45) is 0 Å². The molecule has 0 spiro atoms. The summed E-state index contributed by atoms with van der Waals surface area (Å²) in [5.74, 6) is 0. The van der Waals surface area contributed by atoms with Crippen molar-refractivity contribution in [3.05, 3.63) is 0 Å². The minimum Gasteiger partial charge on any atom is -0.677 e. The Hall–Kier alpha value is 1.57. The summed E-state index contributed by atoms with van der Waals surface area (Å²) in [6.07, 6.45) is 5.06. The third kappa shape index (κ3) is 37.6. The zero-order chi connectivity index (χ0) is 17.3. The normalized spacial score (nSPS) is 15.0. The molecule has 4 atom stereocenters. The Labute approximate surface area is 173 Å². The molecule has 0 aromatic carbocycles. The fraction of sp³-hybridized carbons (Fsp3) is 1.00. The molecule has 0 amide bonds. The van der Waals surface area contributed by atoms with Crippen molar-refractivity contribution in [1.29, 1.82) is 0 Å². The first-order chi connectivity index (χ1) is 9.74. The van der Waals surface area contributed by atoms with Crippen LogP contribution in [0.5, 0.6) is 0 Å². The van der Waals surface area contributed by atoms with Gasteiger partial charge in [0.05, 0.1) is 0 Å².